The summed E-state index contributed by atoms with van der Waals surface area (Å²) >= 11 is 0. The molecule has 0 heterocycles. The minimum atomic E-state index is -0.313. The fourth-order valence-electron chi connectivity index (χ4n) is 3.48. The molecule has 156 valence electrons. The third-order valence-corrected chi connectivity index (χ3v) is 4.50. The van der Waals surface area contributed by atoms with Gasteiger partial charge in [0, 0.05) is 0 Å². The number of carbonyl (C=O) groups is 1. The second-order valence-electron chi connectivity index (χ2n) is 9.00. The number of rotatable bonds is 8. The first-order valence-electron chi connectivity index (χ1n) is 9.78. The monoisotopic (exact) mass is 396 g/mol. The van der Waals surface area contributed by atoms with Crippen LogP contribution in [0.15, 0.2) is 53.6 Å². The van der Waals surface area contributed by atoms with Crippen LogP contribution in [0.4, 0.5) is 0 Å². The van der Waals surface area contributed by atoms with Gasteiger partial charge in [-0.3, -0.25) is 4.79 Å². The van der Waals surface area contributed by atoms with Crippen LogP contribution in [0.3, 0.4) is 0 Å². The van der Waals surface area contributed by atoms with Gasteiger partial charge in [0.05, 0.1) is 13.3 Å². The molecular weight excluding hydrogens is 364 g/mol. The minimum Gasteiger partial charge on any atom is -0.497 e. The predicted molar refractivity (Wildman–Crippen MR) is 118 cm³/mol. The Kier molecular flexibility index (Phi) is 7.43. The largest absolute Gasteiger partial charge is 0.497 e. The molecule has 0 aromatic heterocycles. The van der Waals surface area contributed by atoms with Gasteiger partial charge < -0.3 is 9.47 Å². The highest BCUT2D eigenvalue weighted by molar-refractivity contribution is 5.83. The molecule has 1 amide bonds. The van der Waals surface area contributed by atoms with Crippen LogP contribution in [-0.4, -0.2) is 25.8 Å². The second-order valence-corrected chi connectivity index (χ2v) is 9.00. The molecule has 0 aliphatic carbocycles. The molecule has 5 heteroatoms. The van der Waals surface area contributed by atoms with E-state index < -0.39 is 0 Å². The van der Waals surface area contributed by atoms with Gasteiger partial charge in [-0.05, 0) is 64.8 Å². The molecule has 0 fully saturated rings. The van der Waals surface area contributed by atoms with E-state index in [-0.39, 0.29) is 23.3 Å². The first-order chi connectivity index (χ1) is 13.6. The van der Waals surface area contributed by atoms with Gasteiger partial charge in [0.25, 0.3) is 5.91 Å². The smallest absolute Gasteiger partial charge is 0.277 e. The van der Waals surface area contributed by atoms with E-state index in [1.807, 2.05) is 36.4 Å². The highest BCUT2D eigenvalue weighted by Crippen LogP contribution is 2.36. The molecule has 0 atom stereocenters. The number of amides is 1. The van der Waals surface area contributed by atoms with Crippen molar-refractivity contribution in [1.82, 2.24) is 5.43 Å². The second kappa shape index (κ2) is 9.59. The van der Waals surface area contributed by atoms with Crippen LogP contribution < -0.4 is 14.9 Å². The molecule has 0 radical (unpaired) electrons. The van der Waals surface area contributed by atoms with Crippen LogP contribution in [0.5, 0.6) is 11.5 Å². The number of ether oxygens (including phenoxy) is 2. The molecule has 5 nitrogen and oxygen atoms in total. The van der Waals surface area contributed by atoms with E-state index >= 15 is 0 Å². The number of carbonyl (C=O) groups excluding carboxylic acids is 1. The molecule has 29 heavy (non-hydrogen) atoms. The molecule has 2 aromatic rings. The normalized spacial score (nSPS) is 12.1. The molecule has 2 aromatic carbocycles. The SMILES string of the molecule is COc1ccc(/C=N/NC(=O)COc2ccc(C(C)(C)CC(C)(C)C)cc2)cc1. The molecule has 0 unspecified atom stereocenters. The van der Waals surface area contributed by atoms with Crippen molar-refractivity contribution in [2.75, 3.05) is 13.7 Å². The van der Waals surface area contributed by atoms with E-state index in [1.165, 1.54) is 5.56 Å². The Morgan fingerprint density at radius 1 is 0.966 bits per heavy atom. The topological polar surface area (TPSA) is 59.9 Å². The van der Waals surface area contributed by atoms with Gasteiger partial charge in [-0.15, -0.1) is 0 Å². The number of hydrogen-bond acceptors (Lipinski definition) is 4. The summed E-state index contributed by atoms with van der Waals surface area (Å²) < 4.78 is 10.7. The maximum Gasteiger partial charge on any atom is 0.277 e. The van der Waals surface area contributed by atoms with Crippen molar-refractivity contribution in [3.8, 4) is 11.5 Å². The van der Waals surface area contributed by atoms with Gasteiger partial charge in [0.1, 0.15) is 11.5 Å². The molecular formula is C24H32N2O3. The lowest BCUT2D eigenvalue weighted by atomic mass is 9.72. The van der Waals surface area contributed by atoms with Gasteiger partial charge >= 0.3 is 0 Å². The number of benzene rings is 2. The van der Waals surface area contributed by atoms with Gasteiger partial charge in [0.2, 0.25) is 0 Å². The zero-order valence-electron chi connectivity index (χ0n) is 18.3. The van der Waals surface area contributed by atoms with Crippen molar-refractivity contribution in [3.63, 3.8) is 0 Å². The molecule has 0 aliphatic heterocycles. The van der Waals surface area contributed by atoms with Crippen molar-refractivity contribution < 1.29 is 14.3 Å². The molecule has 0 aliphatic rings. The van der Waals surface area contributed by atoms with Crippen molar-refractivity contribution in [1.29, 1.82) is 0 Å². The summed E-state index contributed by atoms with van der Waals surface area (Å²) in [6, 6.07) is 15.3. The Labute approximate surface area is 174 Å². The van der Waals surface area contributed by atoms with Crippen LogP contribution in [0.25, 0.3) is 0 Å². The van der Waals surface area contributed by atoms with E-state index in [1.54, 1.807) is 13.3 Å². The Morgan fingerprint density at radius 2 is 1.55 bits per heavy atom. The number of hydrogen-bond donors (Lipinski definition) is 1. The Bertz CT molecular complexity index is 817. The average molecular weight is 397 g/mol. The predicted octanol–water partition coefficient (Wildman–Crippen LogP) is 4.94. The van der Waals surface area contributed by atoms with Crippen molar-refractivity contribution in [2.45, 2.75) is 46.5 Å². The van der Waals surface area contributed by atoms with Gasteiger partial charge in [0.15, 0.2) is 6.61 Å². The summed E-state index contributed by atoms with van der Waals surface area (Å²) in [5.74, 6) is 1.12. The summed E-state index contributed by atoms with van der Waals surface area (Å²) in [5, 5.41) is 3.94. The average Bonchev–Trinajstić information content (AvgIpc) is 2.65. The molecule has 1 N–H and O–H groups in total. The third-order valence-electron chi connectivity index (χ3n) is 4.50. The maximum atomic E-state index is 11.9. The quantitative estimate of drug-likeness (QED) is 0.508. The summed E-state index contributed by atoms with van der Waals surface area (Å²) in [5.41, 5.74) is 4.91. The molecule has 0 bridgehead atoms. The van der Waals surface area contributed by atoms with E-state index in [9.17, 15) is 4.79 Å². The molecule has 2 rings (SSSR count). The molecule has 0 saturated carbocycles. The summed E-state index contributed by atoms with van der Waals surface area (Å²) in [4.78, 5) is 11.9. The van der Waals surface area contributed by atoms with Crippen LogP contribution in [0, 0.1) is 5.41 Å². The number of nitrogens with one attached hydrogen (secondary N) is 1. The fourth-order valence-corrected chi connectivity index (χ4v) is 3.48. The van der Waals surface area contributed by atoms with Crippen molar-refractivity contribution >= 4 is 12.1 Å². The fraction of sp³-hybridized carbons (Fsp3) is 0.417. The van der Waals surface area contributed by atoms with Gasteiger partial charge in [-0.1, -0.05) is 46.8 Å². The highest BCUT2D eigenvalue weighted by Gasteiger charge is 2.27. The van der Waals surface area contributed by atoms with Gasteiger partial charge in [-0.25, -0.2) is 5.43 Å². The number of methoxy groups -OCH3 is 1. The summed E-state index contributed by atoms with van der Waals surface area (Å²) in [6.45, 7) is 11.2. The number of hydrazone groups is 1. The van der Waals surface area contributed by atoms with Crippen LogP contribution in [0.2, 0.25) is 0 Å². The van der Waals surface area contributed by atoms with Gasteiger partial charge in [-0.2, -0.15) is 5.10 Å². The van der Waals surface area contributed by atoms with E-state index in [4.69, 9.17) is 9.47 Å². The highest BCUT2D eigenvalue weighted by atomic mass is 16.5. The lowest BCUT2D eigenvalue weighted by Crippen LogP contribution is -2.25. The Hall–Kier alpha value is -2.82. The molecule has 0 saturated heterocycles. The van der Waals surface area contributed by atoms with Crippen LogP contribution in [-0.2, 0) is 10.2 Å². The van der Waals surface area contributed by atoms with E-state index in [2.05, 4.69) is 57.3 Å². The standard InChI is InChI=1S/C24H32N2O3/c1-23(2,3)17-24(4,5)19-9-13-21(14-10-19)29-16-22(27)26-25-15-18-7-11-20(28-6)12-8-18/h7-15H,16-17H2,1-6H3,(H,26,27)/b25-15+. The lowest BCUT2D eigenvalue weighted by molar-refractivity contribution is -0.123. The van der Waals surface area contributed by atoms with Crippen molar-refractivity contribution in [3.05, 3.63) is 59.7 Å². The number of nitrogens with zero attached hydrogens (tertiary/aromatic N) is 1. The first-order valence-corrected chi connectivity index (χ1v) is 9.78. The Morgan fingerprint density at radius 3 is 2.10 bits per heavy atom. The molecule has 0 spiro atoms. The lowest BCUT2D eigenvalue weighted by Gasteiger charge is -2.33. The first kappa shape index (κ1) is 22.5. The third kappa shape index (κ3) is 7.60. The zero-order valence-corrected chi connectivity index (χ0v) is 18.3. The van der Waals surface area contributed by atoms with Crippen LogP contribution in [0.1, 0.15) is 52.2 Å². The Balaban J connectivity index is 1.83. The summed E-state index contributed by atoms with van der Waals surface area (Å²) in [6.07, 6.45) is 2.65. The van der Waals surface area contributed by atoms with Crippen molar-refractivity contribution in [2.24, 2.45) is 10.5 Å². The van der Waals surface area contributed by atoms with E-state index in [0.29, 0.717) is 5.75 Å². The zero-order chi connectivity index (χ0) is 21.5. The maximum absolute atomic E-state index is 11.9. The van der Waals surface area contributed by atoms with Crippen LogP contribution >= 0.6 is 0 Å². The minimum absolute atomic E-state index is 0.0737. The summed E-state index contributed by atoms with van der Waals surface area (Å²) in [7, 11) is 1.61. The van der Waals surface area contributed by atoms with E-state index in [0.717, 1.165) is 17.7 Å².